The first-order valence-corrected chi connectivity index (χ1v) is 17.1. The molecule has 0 spiro atoms. The largest absolute Gasteiger partial charge is 0.504 e. The van der Waals surface area contributed by atoms with Gasteiger partial charge < -0.3 is 30.8 Å². The molecule has 0 aromatic heterocycles. The molecule has 0 amide bonds. The van der Waals surface area contributed by atoms with Crippen LogP contribution in [-0.4, -0.2) is 37.1 Å². The molecule has 262 valence electrons. The highest BCUT2D eigenvalue weighted by Gasteiger charge is 2.25. The average molecular weight is 692 g/mol. The van der Waals surface area contributed by atoms with Gasteiger partial charge >= 0.3 is 0 Å². The molecule has 1 unspecified atom stereocenters. The molecule has 0 aliphatic carbocycles. The van der Waals surface area contributed by atoms with Crippen molar-refractivity contribution in [3.8, 4) is 62.1 Å². The van der Waals surface area contributed by atoms with E-state index in [1.54, 1.807) is 12.1 Å². The SMILES string of the molecule is CCCc1ccc(-c2c(O)c(O)c(O)c(O)c2O)cc1-c1cccc(/C(C)=N/C(NC(=N)c2ccccc2)c2ccc(-c3ccccc3)cc2)c1C. The van der Waals surface area contributed by atoms with Gasteiger partial charge in [0.2, 0.25) is 17.2 Å². The predicted octanol–water partition coefficient (Wildman–Crippen LogP) is 9.60. The van der Waals surface area contributed by atoms with Crippen molar-refractivity contribution in [2.75, 3.05) is 0 Å². The number of nitrogens with zero attached hydrogens (tertiary/aromatic N) is 1. The number of rotatable bonds is 10. The summed E-state index contributed by atoms with van der Waals surface area (Å²) >= 11 is 0. The molecular formula is C44H41N3O5. The lowest BCUT2D eigenvalue weighted by atomic mass is 9.88. The van der Waals surface area contributed by atoms with Crippen LogP contribution in [-0.2, 0) is 6.42 Å². The summed E-state index contributed by atoms with van der Waals surface area (Å²) in [6, 6.07) is 39.2. The van der Waals surface area contributed by atoms with Gasteiger partial charge in [-0.2, -0.15) is 0 Å². The zero-order valence-corrected chi connectivity index (χ0v) is 29.2. The van der Waals surface area contributed by atoms with Crippen molar-refractivity contribution >= 4 is 11.5 Å². The Kier molecular flexibility index (Phi) is 10.3. The third-order valence-corrected chi connectivity index (χ3v) is 9.30. The van der Waals surface area contributed by atoms with Gasteiger partial charge in [-0.15, -0.1) is 0 Å². The smallest absolute Gasteiger partial charge is 0.208 e. The Balaban J connectivity index is 1.43. The van der Waals surface area contributed by atoms with Gasteiger partial charge in [0.15, 0.2) is 11.5 Å². The van der Waals surface area contributed by atoms with Crippen molar-refractivity contribution in [3.05, 3.63) is 149 Å². The Hall–Kier alpha value is -6.54. The molecule has 0 radical (unpaired) electrons. The molecule has 6 aromatic rings. The number of phenols is 5. The highest BCUT2D eigenvalue weighted by molar-refractivity contribution is 6.02. The fourth-order valence-electron chi connectivity index (χ4n) is 6.51. The third kappa shape index (κ3) is 7.04. The lowest BCUT2D eigenvalue weighted by molar-refractivity contribution is 0.330. The Bertz CT molecular complexity index is 2240. The molecular weight excluding hydrogens is 650 g/mol. The number of benzene rings is 6. The second kappa shape index (κ2) is 15.1. The van der Waals surface area contributed by atoms with Crippen LogP contribution >= 0.6 is 0 Å². The van der Waals surface area contributed by atoms with E-state index in [2.05, 4.69) is 36.5 Å². The highest BCUT2D eigenvalue weighted by Crippen LogP contribution is 2.55. The monoisotopic (exact) mass is 691 g/mol. The maximum atomic E-state index is 10.7. The van der Waals surface area contributed by atoms with Crippen LogP contribution in [0.2, 0.25) is 0 Å². The van der Waals surface area contributed by atoms with Crippen molar-refractivity contribution in [2.45, 2.75) is 39.8 Å². The van der Waals surface area contributed by atoms with E-state index in [0.717, 1.165) is 68.6 Å². The lowest BCUT2D eigenvalue weighted by Gasteiger charge is -2.21. The summed E-state index contributed by atoms with van der Waals surface area (Å²) in [5.74, 6) is -4.09. The lowest BCUT2D eigenvalue weighted by Crippen LogP contribution is -2.28. The topological polar surface area (TPSA) is 149 Å². The molecule has 1 atom stereocenters. The van der Waals surface area contributed by atoms with Gasteiger partial charge in [-0.05, 0) is 76.4 Å². The second-order valence-electron chi connectivity index (χ2n) is 12.7. The number of aliphatic imine (C=N–C) groups is 1. The summed E-state index contributed by atoms with van der Waals surface area (Å²) in [6.07, 6.45) is 1.05. The molecule has 8 nitrogen and oxygen atoms in total. The molecule has 7 N–H and O–H groups in total. The first-order chi connectivity index (χ1) is 25.1. The second-order valence-corrected chi connectivity index (χ2v) is 12.7. The summed E-state index contributed by atoms with van der Waals surface area (Å²) in [4.78, 5) is 5.17. The van der Waals surface area contributed by atoms with Crippen molar-refractivity contribution < 1.29 is 25.5 Å². The number of phenolic OH excluding ortho intramolecular Hbond substituents is 5. The number of hydrogen-bond acceptors (Lipinski definition) is 7. The molecule has 0 fully saturated rings. The molecule has 0 saturated carbocycles. The summed E-state index contributed by atoms with van der Waals surface area (Å²) in [5, 5.41) is 64.1. The Morgan fingerprint density at radius 3 is 1.87 bits per heavy atom. The molecule has 0 aliphatic rings. The minimum Gasteiger partial charge on any atom is -0.504 e. The number of hydrogen-bond donors (Lipinski definition) is 7. The van der Waals surface area contributed by atoms with E-state index in [4.69, 9.17) is 10.4 Å². The van der Waals surface area contributed by atoms with Gasteiger partial charge in [-0.1, -0.05) is 129 Å². The van der Waals surface area contributed by atoms with Crippen LogP contribution in [0.3, 0.4) is 0 Å². The van der Waals surface area contributed by atoms with E-state index in [1.807, 2.05) is 98.8 Å². The van der Waals surface area contributed by atoms with Gasteiger partial charge in [-0.3, -0.25) is 10.4 Å². The van der Waals surface area contributed by atoms with Crippen molar-refractivity contribution in [2.24, 2.45) is 4.99 Å². The van der Waals surface area contributed by atoms with Gasteiger partial charge in [0.25, 0.3) is 0 Å². The Morgan fingerprint density at radius 1 is 0.654 bits per heavy atom. The summed E-state index contributed by atoms with van der Waals surface area (Å²) in [6.45, 7) is 6.05. The fraction of sp³-hybridized carbons (Fsp3) is 0.136. The Labute approximate surface area is 303 Å². The van der Waals surface area contributed by atoms with E-state index < -0.39 is 34.9 Å². The first kappa shape index (κ1) is 35.3. The zero-order chi connectivity index (χ0) is 36.9. The molecule has 8 heteroatoms. The highest BCUT2D eigenvalue weighted by atomic mass is 16.4. The maximum absolute atomic E-state index is 10.7. The summed E-state index contributed by atoms with van der Waals surface area (Å²) in [7, 11) is 0. The van der Waals surface area contributed by atoms with Crippen LogP contribution in [0.5, 0.6) is 28.7 Å². The van der Waals surface area contributed by atoms with Crippen molar-refractivity contribution in [3.63, 3.8) is 0 Å². The average Bonchev–Trinajstić information content (AvgIpc) is 3.17. The number of aryl methyl sites for hydroxylation is 1. The Morgan fingerprint density at radius 2 is 1.23 bits per heavy atom. The molecule has 6 aromatic carbocycles. The molecule has 6 rings (SSSR count). The molecule has 52 heavy (non-hydrogen) atoms. The summed E-state index contributed by atoms with van der Waals surface area (Å²) < 4.78 is 0. The molecule has 0 saturated heterocycles. The van der Waals surface area contributed by atoms with Crippen molar-refractivity contribution in [1.82, 2.24) is 5.32 Å². The first-order valence-electron chi connectivity index (χ1n) is 17.1. The van der Waals surface area contributed by atoms with E-state index in [0.29, 0.717) is 5.56 Å². The van der Waals surface area contributed by atoms with Crippen LogP contribution in [0.15, 0.2) is 126 Å². The van der Waals surface area contributed by atoms with E-state index >= 15 is 0 Å². The molecule has 0 aliphatic heterocycles. The molecule has 0 bridgehead atoms. The van der Waals surface area contributed by atoms with Gasteiger partial charge in [-0.25, -0.2) is 0 Å². The van der Waals surface area contributed by atoms with E-state index in [1.165, 1.54) is 0 Å². The van der Waals surface area contributed by atoms with E-state index in [-0.39, 0.29) is 11.4 Å². The van der Waals surface area contributed by atoms with Gasteiger partial charge in [0.1, 0.15) is 12.0 Å². The number of aromatic hydroxyl groups is 5. The minimum atomic E-state index is -1.00. The van der Waals surface area contributed by atoms with Crippen LogP contribution in [0.4, 0.5) is 0 Å². The number of nitrogens with one attached hydrogen (secondary N) is 2. The normalized spacial score (nSPS) is 12.0. The quantitative estimate of drug-likeness (QED) is 0.0329. The van der Waals surface area contributed by atoms with Crippen LogP contribution in [0.1, 0.15) is 54.3 Å². The van der Waals surface area contributed by atoms with Crippen LogP contribution in [0, 0.1) is 12.3 Å². The van der Waals surface area contributed by atoms with Crippen LogP contribution < -0.4 is 5.32 Å². The fourth-order valence-corrected chi connectivity index (χ4v) is 6.51. The zero-order valence-electron chi connectivity index (χ0n) is 29.2. The third-order valence-electron chi connectivity index (χ3n) is 9.30. The number of amidine groups is 1. The maximum Gasteiger partial charge on any atom is 0.208 e. The minimum absolute atomic E-state index is 0.197. The van der Waals surface area contributed by atoms with E-state index in [9.17, 15) is 25.5 Å². The predicted molar refractivity (Wildman–Crippen MR) is 208 cm³/mol. The van der Waals surface area contributed by atoms with Crippen LogP contribution in [0.25, 0.3) is 33.4 Å². The summed E-state index contributed by atoms with van der Waals surface area (Å²) in [5.41, 5.74) is 9.34. The van der Waals surface area contributed by atoms with Crippen molar-refractivity contribution in [1.29, 1.82) is 5.41 Å². The van der Waals surface area contributed by atoms with Gasteiger partial charge in [0.05, 0.1) is 5.56 Å². The van der Waals surface area contributed by atoms with Gasteiger partial charge in [0, 0.05) is 11.3 Å². The standard InChI is InChI=1S/C44H41N3O5/c1-4-12-30-21-24-33(37-38(48)40(50)42(52)41(51)39(37)49)25-36(30)35-18-11-17-34(26(35)2)27(3)46-44(47-43(45)31-15-9-6-10-16-31)32-22-19-29(20-23-32)28-13-7-5-8-14-28/h5-11,13-25,44,48-52H,4,12H2,1-3H3,(H2,45,47)/b46-27+. The molecule has 0 heterocycles.